The summed E-state index contributed by atoms with van der Waals surface area (Å²) < 4.78 is 5.27. The fourth-order valence-electron chi connectivity index (χ4n) is 2.38. The second-order valence-corrected chi connectivity index (χ2v) is 6.75. The minimum Gasteiger partial charge on any atom is -0.444 e. The molecule has 6 heteroatoms. The molecule has 116 valence electrons. The minimum atomic E-state index is -0.770. The van der Waals surface area contributed by atoms with Crippen LogP contribution < -0.4 is 11.1 Å². The van der Waals surface area contributed by atoms with Crippen molar-refractivity contribution in [1.29, 1.82) is 5.41 Å². The van der Waals surface area contributed by atoms with Crippen LogP contribution in [-0.4, -0.2) is 47.1 Å². The molecule has 0 atom stereocenters. The SMILES string of the molecule is CC(C)N1CCC(NC(=O)OC(C)(C)C)(C(=N)N)CC1. The van der Waals surface area contributed by atoms with E-state index in [2.05, 4.69) is 24.1 Å². The van der Waals surface area contributed by atoms with Crippen molar-refractivity contribution in [3.05, 3.63) is 0 Å². The number of nitrogens with two attached hydrogens (primary N) is 1. The van der Waals surface area contributed by atoms with Gasteiger partial charge >= 0.3 is 6.09 Å². The topological polar surface area (TPSA) is 91.4 Å². The number of amidine groups is 1. The average Bonchev–Trinajstić information content (AvgIpc) is 2.26. The fourth-order valence-corrected chi connectivity index (χ4v) is 2.38. The standard InChI is InChI=1S/C14H28N4O2/c1-10(2)18-8-6-14(7-9-18,11(15)16)17-12(19)20-13(3,4)5/h10H,6-9H2,1-5H3,(H3,15,16)(H,17,19). The van der Waals surface area contributed by atoms with Gasteiger partial charge in [0.05, 0.1) is 0 Å². The first-order valence-electron chi connectivity index (χ1n) is 7.15. The Kier molecular flexibility index (Phi) is 5.02. The molecule has 0 aromatic heterocycles. The highest BCUT2D eigenvalue weighted by atomic mass is 16.6. The zero-order valence-electron chi connectivity index (χ0n) is 13.2. The second-order valence-electron chi connectivity index (χ2n) is 6.75. The predicted octanol–water partition coefficient (Wildman–Crippen LogP) is 1.69. The van der Waals surface area contributed by atoms with Crippen LogP contribution in [0.3, 0.4) is 0 Å². The van der Waals surface area contributed by atoms with Crippen LogP contribution in [0.25, 0.3) is 0 Å². The van der Waals surface area contributed by atoms with Gasteiger partial charge in [-0.05, 0) is 47.5 Å². The van der Waals surface area contributed by atoms with Gasteiger partial charge in [-0.25, -0.2) is 4.79 Å². The number of ether oxygens (including phenoxy) is 1. The van der Waals surface area contributed by atoms with Crippen molar-refractivity contribution in [2.75, 3.05) is 13.1 Å². The number of alkyl carbamates (subject to hydrolysis) is 1. The summed E-state index contributed by atoms with van der Waals surface area (Å²) in [6, 6.07) is 0.460. The summed E-state index contributed by atoms with van der Waals surface area (Å²) in [4.78, 5) is 14.3. The highest BCUT2D eigenvalue weighted by molar-refractivity contribution is 5.91. The van der Waals surface area contributed by atoms with Crippen LogP contribution in [0.1, 0.15) is 47.5 Å². The van der Waals surface area contributed by atoms with Crippen LogP contribution in [0.5, 0.6) is 0 Å². The number of piperidine rings is 1. The molecule has 1 aliphatic heterocycles. The van der Waals surface area contributed by atoms with Crippen LogP contribution in [0.2, 0.25) is 0 Å². The molecule has 0 bridgehead atoms. The zero-order valence-corrected chi connectivity index (χ0v) is 13.2. The normalized spacial score (nSPS) is 19.7. The monoisotopic (exact) mass is 284 g/mol. The molecule has 1 aliphatic rings. The van der Waals surface area contributed by atoms with Gasteiger partial charge in [-0.3, -0.25) is 5.41 Å². The van der Waals surface area contributed by atoms with E-state index in [0.29, 0.717) is 18.9 Å². The fraction of sp³-hybridized carbons (Fsp3) is 0.857. The van der Waals surface area contributed by atoms with Gasteiger partial charge in [0.15, 0.2) is 0 Å². The van der Waals surface area contributed by atoms with Crippen molar-refractivity contribution >= 4 is 11.9 Å². The van der Waals surface area contributed by atoms with Crippen molar-refractivity contribution in [2.24, 2.45) is 5.73 Å². The zero-order chi connectivity index (χ0) is 15.6. The molecule has 0 saturated carbocycles. The number of hydrogen-bond donors (Lipinski definition) is 3. The molecule has 20 heavy (non-hydrogen) atoms. The second kappa shape index (κ2) is 5.99. The first-order chi connectivity index (χ1) is 9.06. The Labute approximate surface area is 121 Å². The number of nitrogens with one attached hydrogen (secondary N) is 2. The molecule has 0 aliphatic carbocycles. The molecular weight excluding hydrogens is 256 g/mol. The Balaban J connectivity index is 2.71. The number of carbonyl (C=O) groups is 1. The van der Waals surface area contributed by atoms with E-state index in [1.807, 2.05) is 20.8 Å². The van der Waals surface area contributed by atoms with Gasteiger partial charge in [-0.1, -0.05) is 0 Å². The van der Waals surface area contributed by atoms with Crippen LogP contribution in [0.4, 0.5) is 4.79 Å². The van der Waals surface area contributed by atoms with Crippen LogP contribution in [0, 0.1) is 5.41 Å². The Morgan fingerprint density at radius 2 is 1.85 bits per heavy atom. The van der Waals surface area contributed by atoms with Crippen molar-refractivity contribution < 1.29 is 9.53 Å². The number of nitrogens with zero attached hydrogens (tertiary/aromatic N) is 1. The minimum absolute atomic E-state index is 0.00626. The highest BCUT2D eigenvalue weighted by Gasteiger charge is 2.40. The molecule has 6 nitrogen and oxygen atoms in total. The summed E-state index contributed by atoms with van der Waals surface area (Å²) in [6.45, 7) is 11.3. The van der Waals surface area contributed by atoms with E-state index in [9.17, 15) is 4.79 Å². The quantitative estimate of drug-likeness (QED) is 0.543. The maximum atomic E-state index is 12.0. The lowest BCUT2D eigenvalue weighted by Gasteiger charge is -2.42. The van der Waals surface area contributed by atoms with Crippen LogP contribution >= 0.6 is 0 Å². The molecule has 0 aromatic rings. The third-order valence-electron chi connectivity index (χ3n) is 3.64. The number of rotatable bonds is 3. The lowest BCUT2D eigenvalue weighted by atomic mass is 9.86. The molecule has 1 amide bonds. The van der Waals surface area contributed by atoms with Crippen LogP contribution in [0.15, 0.2) is 0 Å². The van der Waals surface area contributed by atoms with Gasteiger partial charge in [-0.15, -0.1) is 0 Å². The first-order valence-corrected chi connectivity index (χ1v) is 7.15. The van der Waals surface area contributed by atoms with Crippen molar-refractivity contribution in [2.45, 2.75) is 64.6 Å². The largest absolute Gasteiger partial charge is 0.444 e. The third kappa shape index (κ3) is 4.37. The summed E-state index contributed by atoms with van der Waals surface area (Å²) in [5.74, 6) is 0.00626. The predicted molar refractivity (Wildman–Crippen MR) is 80.0 cm³/mol. The van der Waals surface area contributed by atoms with Gasteiger partial charge in [0.2, 0.25) is 0 Å². The maximum absolute atomic E-state index is 12.0. The summed E-state index contributed by atoms with van der Waals surface area (Å²) in [7, 11) is 0. The lowest BCUT2D eigenvalue weighted by Crippen LogP contribution is -2.63. The molecule has 1 fully saturated rings. The van der Waals surface area contributed by atoms with E-state index in [4.69, 9.17) is 15.9 Å². The van der Waals surface area contributed by atoms with Crippen molar-refractivity contribution in [3.63, 3.8) is 0 Å². The van der Waals surface area contributed by atoms with E-state index in [1.165, 1.54) is 0 Å². The Bertz CT molecular complexity index is 366. The van der Waals surface area contributed by atoms with E-state index >= 15 is 0 Å². The summed E-state index contributed by atoms with van der Waals surface area (Å²) in [6.07, 6.45) is 0.769. The number of amides is 1. The van der Waals surface area contributed by atoms with Crippen molar-refractivity contribution in [1.82, 2.24) is 10.2 Å². The number of hydrogen-bond acceptors (Lipinski definition) is 4. The first kappa shape index (κ1) is 16.8. The molecular formula is C14H28N4O2. The van der Waals surface area contributed by atoms with Gasteiger partial charge in [0.25, 0.3) is 0 Å². The molecule has 0 spiro atoms. The molecule has 1 heterocycles. The van der Waals surface area contributed by atoms with Gasteiger partial charge in [-0.2, -0.15) is 0 Å². The molecule has 4 N–H and O–H groups in total. The molecule has 0 aromatic carbocycles. The van der Waals surface area contributed by atoms with Crippen LogP contribution in [-0.2, 0) is 4.74 Å². The van der Waals surface area contributed by atoms with E-state index < -0.39 is 17.2 Å². The number of likely N-dealkylation sites (tertiary alicyclic amines) is 1. The van der Waals surface area contributed by atoms with Gasteiger partial charge < -0.3 is 20.7 Å². The highest BCUT2D eigenvalue weighted by Crippen LogP contribution is 2.24. The van der Waals surface area contributed by atoms with E-state index in [-0.39, 0.29) is 5.84 Å². The average molecular weight is 284 g/mol. The van der Waals surface area contributed by atoms with E-state index in [0.717, 1.165) is 13.1 Å². The van der Waals surface area contributed by atoms with Gasteiger partial charge in [0, 0.05) is 19.1 Å². The summed E-state index contributed by atoms with van der Waals surface area (Å²) >= 11 is 0. The third-order valence-corrected chi connectivity index (χ3v) is 3.64. The molecule has 1 saturated heterocycles. The summed E-state index contributed by atoms with van der Waals surface area (Å²) in [5.41, 5.74) is 4.41. The van der Waals surface area contributed by atoms with E-state index in [1.54, 1.807) is 0 Å². The number of carbonyl (C=O) groups excluding carboxylic acids is 1. The smallest absolute Gasteiger partial charge is 0.408 e. The van der Waals surface area contributed by atoms with Crippen molar-refractivity contribution in [3.8, 4) is 0 Å². The van der Waals surface area contributed by atoms with Gasteiger partial charge in [0.1, 0.15) is 17.0 Å². The molecule has 0 radical (unpaired) electrons. The lowest BCUT2D eigenvalue weighted by molar-refractivity contribution is 0.0434. The maximum Gasteiger partial charge on any atom is 0.408 e. The Morgan fingerprint density at radius 1 is 1.35 bits per heavy atom. The Morgan fingerprint density at radius 3 is 2.20 bits per heavy atom. The Hall–Kier alpha value is -1.30. The molecule has 1 rings (SSSR count). The summed E-state index contributed by atoms with van der Waals surface area (Å²) in [5, 5.41) is 10.6. The molecule has 0 unspecified atom stereocenters.